The minimum atomic E-state index is 0.153. The van der Waals surface area contributed by atoms with Crippen LogP contribution >= 0.6 is 27.7 Å². The highest BCUT2D eigenvalue weighted by Crippen LogP contribution is 2.09. The van der Waals surface area contributed by atoms with Crippen molar-refractivity contribution in [2.75, 3.05) is 5.75 Å². The second-order valence-electron chi connectivity index (χ2n) is 2.90. The molecule has 0 fully saturated rings. The molecular formula is C12H11BrOS. The Labute approximate surface area is 103 Å². The SMILES string of the molecule is CC(=O)SCCC#Cc1ccc(Br)cc1. The lowest BCUT2D eigenvalue weighted by Gasteiger charge is -1.91. The fourth-order valence-corrected chi connectivity index (χ4v) is 1.70. The third-order valence-electron chi connectivity index (χ3n) is 1.61. The van der Waals surface area contributed by atoms with Gasteiger partial charge in [-0.25, -0.2) is 0 Å². The first-order valence-corrected chi connectivity index (χ1v) is 6.34. The summed E-state index contributed by atoms with van der Waals surface area (Å²) in [5, 5.41) is 0.153. The van der Waals surface area contributed by atoms with Crippen LogP contribution in [0.25, 0.3) is 0 Å². The van der Waals surface area contributed by atoms with Gasteiger partial charge in [-0.15, -0.1) is 0 Å². The van der Waals surface area contributed by atoms with E-state index >= 15 is 0 Å². The maximum atomic E-state index is 10.6. The van der Waals surface area contributed by atoms with Crippen LogP contribution in [0, 0.1) is 11.8 Å². The van der Waals surface area contributed by atoms with Gasteiger partial charge in [0, 0.05) is 29.1 Å². The molecule has 1 aromatic rings. The molecule has 78 valence electrons. The number of rotatable bonds is 2. The fourth-order valence-electron chi connectivity index (χ4n) is 0.944. The highest BCUT2D eigenvalue weighted by molar-refractivity contribution is 9.10. The van der Waals surface area contributed by atoms with E-state index in [0.717, 1.165) is 22.2 Å². The summed E-state index contributed by atoms with van der Waals surface area (Å²) >= 11 is 4.69. The average Bonchev–Trinajstić information content (AvgIpc) is 2.20. The van der Waals surface area contributed by atoms with Crippen LogP contribution in [0.15, 0.2) is 28.7 Å². The number of halogens is 1. The Morgan fingerprint density at radius 2 is 2.07 bits per heavy atom. The summed E-state index contributed by atoms with van der Waals surface area (Å²) in [5.74, 6) is 6.86. The second kappa shape index (κ2) is 6.71. The van der Waals surface area contributed by atoms with E-state index in [1.807, 2.05) is 24.3 Å². The van der Waals surface area contributed by atoms with E-state index in [2.05, 4.69) is 27.8 Å². The van der Waals surface area contributed by atoms with Gasteiger partial charge in [-0.3, -0.25) is 4.79 Å². The zero-order chi connectivity index (χ0) is 11.1. The van der Waals surface area contributed by atoms with Gasteiger partial charge in [0.05, 0.1) is 0 Å². The van der Waals surface area contributed by atoms with Crippen molar-refractivity contribution in [1.82, 2.24) is 0 Å². The topological polar surface area (TPSA) is 17.1 Å². The predicted molar refractivity (Wildman–Crippen MR) is 68.8 cm³/mol. The molecule has 1 rings (SSSR count). The zero-order valence-corrected chi connectivity index (χ0v) is 10.8. The van der Waals surface area contributed by atoms with E-state index in [-0.39, 0.29) is 5.12 Å². The lowest BCUT2D eigenvalue weighted by Crippen LogP contribution is -1.84. The Hall–Kier alpha value is -0.720. The number of carbonyl (C=O) groups is 1. The van der Waals surface area contributed by atoms with E-state index in [1.165, 1.54) is 11.8 Å². The van der Waals surface area contributed by atoms with Gasteiger partial charge in [0.25, 0.3) is 0 Å². The summed E-state index contributed by atoms with van der Waals surface area (Å²) in [6, 6.07) is 7.87. The first kappa shape index (κ1) is 12.4. The van der Waals surface area contributed by atoms with Gasteiger partial charge < -0.3 is 0 Å². The molecule has 0 aliphatic rings. The smallest absolute Gasteiger partial charge is 0.185 e. The summed E-state index contributed by atoms with van der Waals surface area (Å²) in [6.45, 7) is 1.58. The minimum Gasteiger partial charge on any atom is -0.288 e. The summed E-state index contributed by atoms with van der Waals surface area (Å²) in [6.07, 6.45) is 0.750. The third kappa shape index (κ3) is 5.66. The van der Waals surface area contributed by atoms with Crippen molar-refractivity contribution in [2.24, 2.45) is 0 Å². The lowest BCUT2D eigenvalue weighted by molar-refractivity contribution is -0.109. The van der Waals surface area contributed by atoms with Crippen LogP contribution < -0.4 is 0 Å². The molecule has 1 nitrogen and oxygen atoms in total. The quantitative estimate of drug-likeness (QED) is 0.610. The number of hydrogen-bond donors (Lipinski definition) is 0. The summed E-state index contributed by atoms with van der Waals surface area (Å²) in [4.78, 5) is 10.6. The van der Waals surface area contributed by atoms with Gasteiger partial charge in [0.15, 0.2) is 5.12 Å². The molecule has 1 aromatic carbocycles. The van der Waals surface area contributed by atoms with Crippen LogP contribution in [-0.2, 0) is 4.79 Å². The van der Waals surface area contributed by atoms with Gasteiger partial charge in [-0.2, -0.15) is 0 Å². The van der Waals surface area contributed by atoms with E-state index in [9.17, 15) is 4.79 Å². The van der Waals surface area contributed by atoms with Crippen molar-refractivity contribution in [2.45, 2.75) is 13.3 Å². The van der Waals surface area contributed by atoms with E-state index in [4.69, 9.17) is 0 Å². The monoisotopic (exact) mass is 282 g/mol. The molecular weight excluding hydrogens is 272 g/mol. The highest BCUT2D eigenvalue weighted by Gasteiger charge is 1.91. The molecule has 0 saturated heterocycles. The summed E-state index contributed by atoms with van der Waals surface area (Å²) in [5.41, 5.74) is 1.01. The predicted octanol–water partition coefficient (Wildman–Crippen LogP) is 3.47. The van der Waals surface area contributed by atoms with Crippen LogP contribution in [0.2, 0.25) is 0 Å². The van der Waals surface area contributed by atoms with Crippen LogP contribution in [0.4, 0.5) is 0 Å². The van der Waals surface area contributed by atoms with E-state index < -0.39 is 0 Å². The molecule has 3 heteroatoms. The fraction of sp³-hybridized carbons (Fsp3) is 0.250. The Morgan fingerprint density at radius 1 is 1.40 bits per heavy atom. The molecule has 0 amide bonds. The minimum absolute atomic E-state index is 0.153. The number of benzene rings is 1. The normalized spacial score (nSPS) is 9.20. The van der Waals surface area contributed by atoms with Gasteiger partial charge in [-0.05, 0) is 24.3 Å². The van der Waals surface area contributed by atoms with Crippen LogP contribution in [0.5, 0.6) is 0 Å². The molecule has 15 heavy (non-hydrogen) atoms. The molecule has 0 unspecified atom stereocenters. The molecule has 0 aliphatic carbocycles. The molecule has 0 radical (unpaired) electrons. The molecule has 0 aromatic heterocycles. The maximum absolute atomic E-state index is 10.6. The molecule has 0 atom stereocenters. The molecule has 0 N–H and O–H groups in total. The van der Waals surface area contributed by atoms with E-state index in [0.29, 0.717) is 0 Å². The maximum Gasteiger partial charge on any atom is 0.185 e. The second-order valence-corrected chi connectivity index (χ2v) is 5.09. The standard InChI is InChI=1S/C12H11BrOS/c1-10(14)15-9-3-2-4-11-5-7-12(13)8-6-11/h5-8H,3,9H2,1H3. The molecule has 0 aliphatic heterocycles. The van der Waals surface area contributed by atoms with Gasteiger partial charge >= 0.3 is 0 Å². The van der Waals surface area contributed by atoms with E-state index in [1.54, 1.807) is 6.92 Å². The Balaban J connectivity index is 2.38. The molecule has 0 heterocycles. The first-order chi connectivity index (χ1) is 7.18. The Morgan fingerprint density at radius 3 is 2.67 bits per heavy atom. The van der Waals surface area contributed by atoms with Crippen LogP contribution in [-0.4, -0.2) is 10.9 Å². The van der Waals surface area contributed by atoms with Crippen molar-refractivity contribution >= 4 is 32.8 Å². The Kier molecular flexibility index (Phi) is 5.52. The van der Waals surface area contributed by atoms with Crippen LogP contribution in [0.3, 0.4) is 0 Å². The molecule has 0 bridgehead atoms. The van der Waals surface area contributed by atoms with Gasteiger partial charge in [-0.1, -0.05) is 39.5 Å². The molecule has 0 saturated carbocycles. The lowest BCUT2D eigenvalue weighted by atomic mass is 10.2. The van der Waals surface area contributed by atoms with Gasteiger partial charge in [0.1, 0.15) is 0 Å². The average molecular weight is 283 g/mol. The zero-order valence-electron chi connectivity index (χ0n) is 8.42. The number of carbonyl (C=O) groups excluding carboxylic acids is 1. The van der Waals surface area contributed by atoms with Crippen LogP contribution in [0.1, 0.15) is 18.9 Å². The molecule has 0 spiro atoms. The third-order valence-corrected chi connectivity index (χ3v) is 2.95. The summed E-state index contributed by atoms with van der Waals surface area (Å²) in [7, 11) is 0. The number of thioether (sulfide) groups is 1. The number of hydrogen-bond acceptors (Lipinski definition) is 2. The van der Waals surface area contributed by atoms with Crippen molar-refractivity contribution in [3.8, 4) is 11.8 Å². The van der Waals surface area contributed by atoms with Crippen molar-refractivity contribution in [1.29, 1.82) is 0 Å². The van der Waals surface area contributed by atoms with Gasteiger partial charge in [0.2, 0.25) is 0 Å². The Bertz CT molecular complexity index is 386. The van der Waals surface area contributed by atoms with Crippen molar-refractivity contribution in [3.63, 3.8) is 0 Å². The first-order valence-electron chi connectivity index (χ1n) is 4.56. The van der Waals surface area contributed by atoms with Crippen molar-refractivity contribution < 1.29 is 4.79 Å². The van der Waals surface area contributed by atoms with Crippen molar-refractivity contribution in [3.05, 3.63) is 34.3 Å². The highest BCUT2D eigenvalue weighted by atomic mass is 79.9. The largest absolute Gasteiger partial charge is 0.288 e. The summed E-state index contributed by atoms with van der Waals surface area (Å²) < 4.78 is 1.06.